The minimum absolute atomic E-state index is 0.0532. The number of pyridine rings is 1. The third-order valence-corrected chi connectivity index (χ3v) is 5.01. The number of anilines is 1. The van der Waals surface area contributed by atoms with Crippen molar-refractivity contribution < 1.29 is 9.90 Å². The average Bonchev–Trinajstić information content (AvgIpc) is 2.95. The highest BCUT2D eigenvalue weighted by atomic mass is 16.3. The van der Waals surface area contributed by atoms with E-state index >= 15 is 0 Å². The summed E-state index contributed by atoms with van der Waals surface area (Å²) in [5.74, 6) is 1.27. The number of aromatic nitrogens is 1. The van der Waals surface area contributed by atoms with Crippen LogP contribution in [0.25, 0.3) is 0 Å². The van der Waals surface area contributed by atoms with Gasteiger partial charge in [0.15, 0.2) is 0 Å². The molecule has 0 aliphatic carbocycles. The first-order valence-corrected chi connectivity index (χ1v) is 9.10. The molecule has 6 heteroatoms. The van der Waals surface area contributed by atoms with Crippen LogP contribution < -0.4 is 10.2 Å². The summed E-state index contributed by atoms with van der Waals surface area (Å²) in [7, 11) is 0. The van der Waals surface area contributed by atoms with E-state index < -0.39 is 0 Å². The fourth-order valence-electron chi connectivity index (χ4n) is 3.46. The number of carbonyl (C=O) groups is 1. The van der Waals surface area contributed by atoms with Crippen LogP contribution >= 0.6 is 0 Å². The SMILES string of the molecule is O=C(NCc1ccc(N2CCCCCC2)nc1)N1CCC(CO)C1. The summed E-state index contributed by atoms with van der Waals surface area (Å²) in [4.78, 5) is 20.8. The first-order chi connectivity index (χ1) is 11.8. The van der Waals surface area contributed by atoms with Gasteiger partial charge in [-0.3, -0.25) is 0 Å². The number of carbonyl (C=O) groups excluding carboxylic acids is 1. The van der Waals surface area contributed by atoms with Crippen LogP contribution in [0.2, 0.25) is 0 Å². The van der Waals surface area contributed by atoms with Crippen LogP contribution in [0.5, 0.6) is 0 Å². The Bertz CT molecular complexity index is 526. The van der Waals surface area contributed by atoms with Crippen molar-refractivity contribution in [2.24, 2.45) is 5.92 Å². The summed E-state index contributed by atoms with van der Waals surface area (Å²) in [5.41, 5.74) is 1.01. The van der Waals surface area contributed by atoms with Gasteiger partial charge in [0.05, 0.1) is 0 Å². The first kappa shape index (κ1) is 17.0. The largest absolute Gasteiger partial charge is 0.396 e. The molecule has 0 spiro atoms. The van der Waals surface area contributed by atoms with E-state index in [1.165, 1.54) is 25.7 Å². The molecule has 0 bridgehead atoms. The lowest BCUT2D eigenvalue weighted by Gasteiger charge is -2.21. The van der Waals surface area contributed by atoms with Crippen molar-refractivity contribution in [2.45, 2.75) is 38.6 Å². The number of nitrogens with zero attached hydrogens (tertiary/aromatic N) is 3. The number of amides is 2. The molecule has 2 amide bonds. The van der Waals surface area contributed by atoms with Gasteiger partial charge < -0.3 is 20.2 Å². The Kier molecular flexibility index (Phi) is 5.91. The fraction of sp³-hybridized carbons (Fsp3) is 0.667. The molecule has 0 radical (unpaired) electrons. The topological polar surface area (TPSA) is 68.7 Å². The van der Waals surface area contributed by atoms with Gasteiger partial charge >= 0.3 is 6.03 Å². The lowest BCUT2D eigenvalue weighted by molar-refractivity contribution is 0.198. The maximum atomic E-state index is 12.1. The van der Waals surface area contributed by atoms with Crippen LogP contribution in [0.1, 0.15) is 37.7 Å². The van der Waals surface area contributed by atoms with Gasteiger partial charge in [-0.1, -0.05) is 18.9 Å². The summed E-state index contributed by atoms with van der Waals surface area (Å²) in [6, 6.07) is 4.06. The second-order valence-corrected chi connectivity index (χ2v) is 6.87. The lowest BCUT2D eigenvalue weighted by Crippen LogP contribution is -2.38. The number of likely N-dealkylation sites (tertiary alicyclic amines) is 1. The zero-order chi connectivity index (χ0) is 16.8. The van der Waals surface area contributed by atoms with Gasteiger partial charge in [-0.25, -0.2) is 9.78 Å². The van der Waals surface area contributed by atoms with E-state index in [4.69, 9.17) is 5.11 Å². The second kappa shape index (κ2) is 8.33. The van der Waals surface area contributed by atoms with Gasteiger partial charge in [-0.15, -0.1) is 0 Å². The van der Waals surface area contributed by atoms with Crippen LogP contribution in [0.4, 0.5) is 10.6 Å². The molecule has 2 fully saturated rings. The Labute approximate surface area is 143 Å². The van der Waals surface area contributed by atoms with E-state index in [1.54, 1.807) is 4.90 Å². The van der Waals surface area contributed by atoms with Gasteiger partial charge in [0.1, 0.15) is 5.82 Å². The molecule has 1 aromatic heterocycles. The minimum Gasteiger partial charge on any atom is -0.396 e. The van der Waals surface area contributed by atoms with Crippen LogP contribution in [0.15, 0.2) is 18.3 Å². The maximum absolute atomic E-state index is 12.1. The normalized spacial score (nSPS) is 21.6. The van der Waals surface area contributed by atoms with E-state index in [9.17, 15) is 4.79 Å². The number of aliphatic hydroxyl groups is 1. The van der Waals surface area contributed by atoms with Crippen LogP contribution in [0.3, 0.4) is 0 Å². The molecular weight excluding hydrogens is 304 g/mol. The molecule has 0 saturated carbocycles. The lowest BCUT2D eigenvalue weighted by atomic mass is 10.1. The number of aliphatic hydroxyl groups excluding tert-OH is 1. The number of urea groups is 1. The fourth-order valence-corrected chi connectivity index (χ4v) is 3.46. The van der Waals surface area contributed by atoms with Crippen molar-refractivity contribution >= 4 is 11.8 Å². The van der Waals surface area contributed by atoms with Gasteiger partial charge in [0.25, 0.3) is 0 Å². The van der Waals surface area contributed by atoms with Crippen LogP contribution in [0, 0.1) is 5.92 Å². The average molecular weight is 332 g/mol. The predicted molar refractivity (Wildman–Crippen MR) is 93.9 cm³/mol. The van der Waals surface area contributed by atoms with E-state index in [2.05, 4.69) is 21.3 Å². The molecule has 2 saturated heterocycles. The molecule has 3 rings (SSSR count). The zero-order valence-corrected chi connectivity index (χ0v) is 14.3. The van der Waals surface area contributed by atoms with Gasteiger partial charge in [-0.05, 0) is 30.9 Å². The first-order valence-electron chi connectivity index (χ1n) is 9.10. The Morgan fingerprint density at radius 2 is 2.00 bits per heavy atom. The van der Waals surface area contributed by atoms with Crippen molar-refractivity contribution in [1.82, 2.24) is 15.2 Å². The van der Waals surface area contributed by atoms with Gasteiger partial charge in [0.2, 0.25) is 0 Å². The molecule has 0 aromatic carbocycles. The molecule has 1 unspecified atom stereocenters. The highest BCUT2D eigenvalue weighted by molar-refractivity contribution is 5.74. The Hall–Kier alpha value is -1.82. The minimum atomic E-state index is -0.0532. The van der Waals surface area contributed by atoms with Crippen molar-refractivity contribution in [1.29, 1.82) is 0 Å². The molecule has 3 heterocycles. The molecular formula is C18H28N4O2. The zero-order valence-electron chi connectivity index (χ0n) is 14.3. The Balaban J connectivity index is 1.48. The molecule has 1 aromatic rings. The van der Waals surface area contributed by atoms with E-state index in [0.29, 0.717) is 13.1 Å². The van der Waals surface area contributed by atoms with E-state index in [0.717, 1.165) is 37.4 Å². The summed E-state index contributed by atoms with van der Waals surface area (Å²) >= 11 is 0. The van der Waals surface area contributed by atoms with Crippen LogP contribution in [-0.2, 0) is 6.54 Å². The summed E-state index contributed by atoms with van der Waals surface area (Å²) < 4.78 is 0. The standard InChI is InChI=1S/C18H28N4O2/c23-14-16-7-10-22(13-16)18(24)20-12-15-5-6-17(19-11-15)21-8-3-1-2-4-9-21/h5-6,11,16,23H,1-4,7-10,12-14H2,(H,20,24). The summed E-state index contributed by atoms with van der Waals surface area (Å²) in [6.07, 6.45) is 7.86. The third-order valence-electron chi connectivity index (χ3n) is 5.01. The van der Waals surface area contributed by atoms with Crippen LogP contribution in [-0.4, -0.2) is 53.8 Å². The molecule has 2 N–H and O–H groups in total. The van der Waals surface area contributed by atoms with E-state index in [1.807, 2.05) is 12.3 Å². The maximum Gasteiger partial charge on any atom is 0.317 e. The number of hydrogen-bond acceptors (Lipinski definition) is 4. The van der Waals surface area contributed by atoms with Gasteiger partial charge in [-0.2, -0.15) is 0 Å². The summed E-state index contributed by atoms with van der Waals surface area (Å²) in [6.45, 7) is 4.20. The predicted octanol–water partition coefficient (Wildman–Crippen LogP) is 1.99. The van der Waals surface area contributed by atoms with Crippen molar-refractivity contribution in [3.63, 3.8) is 0 Å². The van der Waals surface area contributed by atoms with Crippen molar-refractivity contribution in [3.05, 3.63) is 23.9 Å². The van der Waals surface area contributed by atoms with Crippen molar-refractivity contribution in [2.75, 3.05) is 37.7 Å². The summed E-state index contributed by atoms with van der Waals surface area (Å²) in [5, 5.41) is 12.1. The monoisotopic (exact) mass is 332 g/mol. The highest BCUT2D eigenvalue weighted by Crippen LogP contribution is 2.18. The molecule has 1 atom stereocenters. The van der Waals surface area contributed by atoms with E-state index in [-0.39, 0.29) is 18.6 Å². The Morgan fingerprint density at radius 3 is 2.62 bits per heavy atom. The molecule has 6 nitrogen and oxygen atoms in total. The molecule has 2 aliphatic heterocycles. The smallest absolute Gasteiger partial charge is 0.317 e. The second-order valence-electron chi connectivity index (χ2n) is 6.87. The number of rotatable bonds is 4. The van der Waals surface area contributed by atoms with Gasteiger partial charge in [0, 0.05) is 51.4 Å². The number of hydrogen-bond donors (Lipinski definition) is 2. The highest BCUT2D eigenvalue weighted by Gasteiger charge is 2.25. The molecule has 24 heavy (non-hydrogen) atoms. The Morgan fingerprint density at radius 1 is 1.21 bits per heavy atom. The quantitative estimate of drug-likeness (QED) is 0.885. The van der Waals surface area contributed by atoms with Crippen molar-refractivity contribution in [3.8, 4) is 0 Å². The molecule has 2 aliphatic rings. The number of nitrogens with one attached hydrogen (secondary N) is 1. The third kappa shape index (κ3) is 4.38. The molecule has 132 valence electrons.